The molecule has 0 spiro atoms. The summed E-state index contributed by atoms with van der Waals surface area (Å²) >= 11 is 0. The quantitative estimate of drug-likeness (QED) is 0.592. The van der Waals surface area contributed by atoms with Crippen molar-refractivity contribution in [2.24, 2.45) is 5.73 Å². The lowest BCUT2D eigenvalue weighted by molar-refractivity contribution is 0.249. The van der Waals surface area contributed by atoms with Crippen LogP contribution in [0.25, 0.3) is 11.0 Å². The van der Waals surface area contributed by atoms with Gasteiger partial charge >= 0.3 is 6.03 Å². The number of nitrogens with two attached hydrogens (primary N) is 1. The first kappa shape index (κ1) is 11.2. The zero-order valence-corrected chi connectivity index (χ0v) is 8.96. The molecule has 1 aromatic carbocycles. The number of amides is 2. The Morgan fingerprint density at radius 3 is 3.06 bits per heavy atom. The third kappa shape index (κ3) is 2.83. The molecule has 0 aliphatic heterocycles. The second-order valence-corrected chi connectivity index (χ2v) is 3.46. The number of nitrogens with zero attached hydrogens (tertiary/aromatic N) is 1. The van der Waals surface area contributed by atoms with Crippen molar-refractivity contribution in [3.63, 3.8) is 0 Å². The Morgan fingerprint density at radius 2 is 2.29 bits per heavy atom. The molecule has 0 fully saturated rings. The van der Waals surface area contributed by atoms with E-state index < -0.39 is 6.03 Å². The predicted molar refractivity (Wildman–Crippen MR) is 62.1 cm³/mol. The van der Waals surface area contributed by atoms with Crippen molar-refractivity contribution in [3.05, 3.63) is 24.0 Å². The monoisotopic (exact) mass is 237 g/mol. The highest BCUT2D eigenvalue weighted by Crippen LogP contribution is 2.14. The maximum Gasteiger partial charge on any atom is 0.312 e. The van der Waals surface area contributed by atoms with Crippen molar-refractivity contribution < 1.29 is 9.18 Å². The van der Waals surface area contributed by atoms with Crippen LogP contribution in [-0.2, 0) is 0 Å². The van der Waals surface area contributed by atoms with Gasteiger partial charge in [-0.25, -0.2) is 14.2 Å². The Balaban J connectivity index is 1.97. The molecule has 7 heteroatoms. The highest BCUT2D eigenvalue weighted by Gasteiger charge is 2.02. The Kier molecular flexibility index (Phi) is 3.08. The highest BCUT2D eigenvalue weighted by atomic mass is 19.1. The predicted octanol–water partition coefficient (Wildman–Crippen LogP) is 0.782. The van der Waals surface area contributed by atoms with Gasteiger partial charge in [-0.05, 0) is 18.2 Å². The van der Waals surface area contributed by atoms with Gasteiger partial charge in [0.1, 0.15) is 5.82 Å². The van der Waals surface area contributed by atoms with E-state index in [0.717, 1.165) is 0 Å². The lowest BCUT2D eigenvalue weighted by atomic mass is 10.3. The lowest BCUT2D eigenvalue weighted by Crippen LogP contribution is -2.33. The Bertz CT molecular complexity index is 538. The number of nitrogens with one attached hydrogen (secondary N) is 3. The number of aromatic nitrogens is 2. The maximum atomic E-state index is 12.9. The lowest BCUT2D eigenvalue weighted by Gasteiger charge is -2.02. The van der Waals surface area contributed by atoms with E-state index in [4.69, 9.17) is 5.73 Å². The molecule has 90 valence electrons. The van der Waals surface area contributed by atoms with Gasteiger partial charge in [-0.2, -0.15) is 0 Å². The van der Waals surface area contributed by atoms with E-state index in [0.29, 0.717) is 30.1 Å². The van der Waals surface area contributed by atoms with E-state index in [2.05, 4.69) is 20.6 Å². The van der Waals surface area contributed by atoms with Crippen LogP contribution >= 0.6 is 0 Å². The van der Waals surface area contributed by atoms with Crippen molar-refractivity contribution in [3.8, 4) is 0 Å². The summed E-state index contributed by atoms with van der Waals surface area (Å²) in [4.78, 5) is 17.5. The van der Waals surface area contributed by atoms with Crippen LogP contribution in [0.4, 0.5) is 15.1 Å². The number of hydrogen-bond donors (Lipinski definition) is 4. The average Bonchev–Trinajstić information content (AvgIpc) is 2.66. The molecule has 1 aromatic heterocycles. The molecular formula is C10H12FN5O. The smallest absolute Gasteiger partial charge is 0.312 e. The molecule has 5 N–H and O–H groups in total. The number of halogens is 1. The van der Waals surface area contributed by atoms with Gasteiger partial charge in [-0.15, -0.1) is 0 Å². The first-order chi connectivity index (χ1) is 8.15. The summed E-state index contributed by atoms with van der Waals surface area (Å²) in [5, 5.41) is 5.38. The number of rotatable bonds is 4. The summed E-state index contributed by atoms with van der Waals surface area (Å²) < 4.78 is 12.9. The van der Waals surface area contributed by atoms with Crippen LogP contribution in [0.2, 0.25) is 0 Å². The second-order valence-electron chi connectivity index (χ2n) is 3.46. The summed E-state index contributed by atoms with van der Waals surface area (Å²) in [5.41, 5.74) is 6.21. The zero-order chi connectivity index (χ0) is 12.3. The van der Waals surface area contributed by atoms with Crippen molar-refractivity contribution in [2.45, 2.75) is 0 Å². The number of anilines is 1. The molecule has 1 heterocycles. The Labute approximate surface area is 96.4 Å². The van der Waals surface area contributed by atoms with Gasteiger partial charge in [0.15, 0.2) is 0 Å². The summed E-state index contributed by atoms with van der Waals surface area (Å²) in [5.74, 6) is 0.208. The largest absolute Gasteiger partial charge is 0.354 e. The number of benzene rings is 1. The molecule has 0 atom stereocenters. The van der Waals surface area contributed by atoms with Gasteiger partial charge in [0.25, 0.3) is 0 Å². The number of carbonyl (C=O) groups is 1. The number of hydrogen-bond acceptors (Lipinski definition) is 3. The van der Waals surface area contributed by atoms with Crippen LogP contribution in [0.5, 0.6) is 0 Å². The van der Waals surface area contributed by atoms with Gasteiger partial charge in [-0.1, -0.05) is 0 Å². The van der Waals surface area contributed by atoms with E-state index in [1.54, 1.807) is 6.07 Å². The number of aromatic amines is 1. The number of carbonyl (C=O) groups excluding carboxylic acids is 1. The van der Waals surface area contributed by atoms with Crippen LogP contribution < -0.4 is 16.4 Å². The zero-order valence-electron chi connectivity index (χ0n) is 8.96. The first-order valence-electron chi connectivity index (χ1n) is 5.07. The summed E-state index contributed by atoms with van der Waals surface area (Å²) in [6.45, 7) is 0.867. The molecule has 6 nitrogen and oxygen atoms in total. The molecule has 2 aromatic rings. The number of H-pyrrole nitrogens is 1. The van der Waals surface area contributed by atoms with Crippen LogP contribution in [0.15, 0.2) is 18.2 Å². The van der Waals surface area contributed by atoms with Crippen LogP contribution in [0.3, 0.4) is 0 Å². The molecule has 0 saturated heterocycles. The molecule has 0 radical (unpaired) electrons. The minimum Gasteiger partial charge on any atom is -0.354 e. The number of fused-ring (bicyclic) bond motifs is 1. The topological polar surface area (TPSA) is 95.8 Å². The fourth-order valence-electron chi connectivity index (χ4n) is 1.43. The van der Waals surface area contributed by atoms with Crippen molar-refractivity contribution in [1.82, 2.24) is 15.3 Å². The van der Waals surface area contributed by atoms with Crippen molar-refractivity contribution in [1.29, 1.82) is 0 Å². The van der Waals surface area contributed by atoms with Crippen LogP contribution in [0.1, 0.15) is 0 Å². The second kappa shape index (κ2) is 4.69. The Morgan fingerprint density at radius 1 is 1.47 bits per heavy atom. The van der Waals surface area contributed by atoms with Crippen LogP contribution in [0, 0.1) is 5.82 Å². The number of imidazole rings is 1. The molecular weight excluding hydrogens is 225 g/mol. The first-order valence-corrected chi connectivity index (χ1v) is 5.07. The molecule has 17 heavy (non-hydrogen) atoms. The molecule has 0 aliphatic carbocycles. The summed E-state index contributed by atoms with van der Waals surface area (Å²) in [6.07, 6.45) is 0. The van der Waals surface area contributed by atoms with Gasteiger partial charge in [0.2, 0.25) is 5.95 Å². The standard InChI is InChI=1S/C10H12FN5O/c11-6-1-2-7-8(5-6)16-10(15-7)14-4-3-13-9(12)17/h1-2,5H,3-4H2,(H3,12,13,17)(H2,14,15,16). The fraction of sp³-hybridized carbons (Fsp3) is 0.200. The molecule has 0 aliphatic rings. The summed E-state index contributed by atoms with van der Waals surface area (Å²) in [7, 11) is 0. The fourth-order valence-corrected chi connectivity index (χ4v) is 1.43. The molecule has 2 amide bonds. The third-order valence-electron chi connectivity index (χ3n) is 2.16. The summed E-state index contributed by atoms with van der Waals surface area (Å²) in [6, 6.07) is 3.74. The van der Waals surface area contributed by atoms with Crippen molar-refractivity contribution >= 4 is 23.0 Å². The minimum absolute atomic E-state index is 0.317. The number of urea groups is 1. The van der Waals surface area contributed by atoms with Crippen LogP contribution in [-0.4, -0.2) is 29.1 Å². The van der Waals surface area contributed by atoms with E-state index in [9.17, 15) is 9.18 Å². The van der Waals surface area contributed by atoms with E-state index in [-0.39, 0.29) is 5.82 Å². The van der Waals surface area contributed by atoms with E-state index in [1.807, 2.05) is 0 Å². The molecule has 0 saturated carbocycles. The SMILES string of the molecule is NC(=O)NCCNc1nc2ccc(F)cc2[nH]1. The van der Waals surface area contributed by atoms with Gasteiger partial charge < -0.3 is 21.4 Å². The highest BCUT2D eigenvalue weighted by molar-refractivity contribution is 5.77. The molecule has 2 rings (SSSR count). The van der Waals surface area contributed by atoms with E-state index >= 15 is 0 Å². The Hall–Kier alpha value is -2.31. The van der Waals surface area contributed by atoms with Gasteiger partial charge in [0, 0.05) is 13.1 Å². The van der Waals surface area contributed by atoms with Gasteiger partial charge in [0.05, 0.1) is 11.0 Å². The molecule has 0 unspecified atom stereocenters. The van der Waals surface area contributed by atoms with Gasteiger partial charge in [-0.3, -0.25) is 0 Å². The average molecular weight is 237 g/mol. The number of primary amides is 1. The normalized spacial score (nSPS) is 10.4. The van der Waals surface area contributed by atoms with Crippen molar-refractivity contribution in [2.75, 3.05) is 18.4 Å². The molecule has 0 bridgehead atoms. The van der Waals surface area contributed by atoms with E-state index in [1.165, 1.54) is 12.1 Å². The maximum absolute atomic E-state index is 12.9. The third-order valence-corrected chi connectivity index (χ3v) is 2.16. The minimum atomic E-state index is -0.571.